The van der Waals surface area contributed by atoms with Crippen molar-refractivity contribution < 1.29 is 45.4 Å². The van der Waals surface area contributed by atoms with Gasteiger partial charge in [0, 0.05) is 6.42 Å². The molecule has 186 valence electrons. The highest BCUT2D eigenvalue weighted by atomic mass is 19.4. The zero-order valence-electron chi connectivity index (χ0n) is 17.8. The number of carbonyl (C=O) groups excluding carboxylic acids is 1. The van der Waals surface area contributed by atoms with Gasteiger partial charge in [-0.15, -0.1) is 0 Å². The maximum absolute atomic E-state index is 14.8. The highest BCUT2D eigenvalue weighted by molar-refractivity contribution is 6.03. The van der Waals surface area contributed by atoms with Crippen LogP contribution in [0, 0.1) is 18.3 Å². The Kier molecular flexibility index (Phi) is 6.56. The number of rotatable bonds is 6. The van der Waals surface area contributed by atoms with Gasteiger partial charge in [0.05, 0.1) is 11.3 Å². The van der Waals surface area contributed by atoms with E-state index in [0.717, 1.165) is 0 Å². The lowest BCUT2D eigenvalue weighted by molar-refractivity contribution is -0.401. The number of hydrogen-bond acceptors (Lipinski definition) is 5. The molecule has 13 heteroatoms. The summed E-state index contributed by atoms with van der Waals surface area (Å²) in [5.41, 5.74) is -4.28. The first-order valence-corrected chi connectivity index (χ1v) is 9.80. The van der Waals surface area contributed by atoms with Crippen LogP contribution in [0.4, 0.5) is 30.7 Å². The van der Waals surface area contributed by atoms with Crippen LogP contribution >= 0.6 is 0 Å². The molecule has 6 nitrogen and oxygen atoms in total. The summed E-state index contributed by atoms with van der Waals surface area (Å²) in [4.78, 5) is 12.7. The minimum Gasteiger partial charge on any atom is -0.482 e. The van der Waals surface area contributed by atoms with Crippen molar-refractivity contribution in [3.05, 3.63) is 65.2 Å². The molecule has 1 aliphatic heterocycles. The van der Waals surface area contributed by atoms with E-state index in [1.165, 1.54) is 48.5 Å². The lowest BCUT2D eigenvalue weighted by Gasteiger charge is -2.41. The van der Waals surface area contributed by atoms with Crippen molar-refractivity contribution in [3.63, 3.8) is 0 Å². The molecule has 0 saturated carbocycles. The maximum atomic E-state index is 14.8. The van der Waals surface area contributed by atoms with E-state index >= 15 is 0 Å². The van der Waals surface area contributed by atoms with Gasteiger partial charge in [0.15, 0.2) is 6.61 Å². The molecule has 0 aromatic heterocycles. The molecule has 35 heavy (non-hydrogen) atoms. The van der Waals surface area contributed by atoms with Crippen LogP contribution < -0.4 is 4.74 Å². The van der Waals surface area contributed by atoms with E-state index in [0.29, 0.717) is 5.56 Å². The minimum absolute atomic E-state index is 0.00574. The Balaban J connectivity index is 2.02. The molecule has 0 bridgehead atoms. The number of amides is 1. The van der Waals surface area contributed by atoms with Gasteiger partial charge in [-0.2, -0.15) is 46.1 Å². The van der Waals surface area contributed by atoms with Crippen molar-refractivity contribution >= 4 is 11.6 Å². The van der Waals surface area contributed by atoms with Crippen molar-refractivity contribution in [2.24, 2.45) is 5.10 Å². The fourth-order valence-electron chi connectivity index (χ4n) is 3.27. The molecule has 1 aliphatic rings. The Morgan fingerprint density at radius 3 is 2.29 bits per heavy atom. The zero-order chi connectivity index (χ0) is 26.2. The van der Waals surface area contributed by atoms with Crippen molar-refractivity contribution in [3.8, 4) is 11.8 Å². The van der Waals surface area contributed by atoms with Crippen LogP contribution in [0.25, 0.3) is 0 Å². The van der Waals surface area contributed by atoms with Gasteiger partial charge in [-0.3, -0.25) is 4.79 Å². The first kappa shape index (κ1) is 26.0. The van der Waals surface area contributed by atoms with Crippen LogP contribution in [0.15, 0.2) is 53.6 Å². The molecule has 0 fully saturated rings. The summed E-state index contributed by atoms with van der Waals surface area (Å²) in [6, 6.07) is 12.7. The summed E-state index contributed by atoms with van der Waals surface area (Å²) < 4.78 is 101. The highest BCUT2D eigenvalue weighted by Crippen LogP contribution is 2.54. The summed E-state index contributed by atoms with van der Waals surface area (Å²) in [7, 11) is 0. The number of ether oxygens (including phenoxy) is 1. The third kappa shape index (κ3) is 4.41. The molecule has 1 N–H and O–H groups in total. The van der Waals surface area contributed by atoms with E-state index in [-0.39, 0.29) is 16.9 Å². The normalized spacial score (nSPS) is 18.7. The van der Waals surface area contributed by atoms with Gasteiger partial charge >= 0.3 is 18.0 Å². The SMILES string of the molecule is Cc1ccc(C2=NN(C(=O)COc3ccccc3C#N)[C@](O)(C(F)(F)C(F)(F)C(F)(F)F)C2)cc1. The first-order chi connectivity index (χ1) is 16.2. The van der Waals surface area contributed by atoms with E-state index in [1.54, 1.807) is 13.0 Å². The molecule has 3 rings (SSSR count). The van der Waals surface area contributed by atoms with Crippen LogP contribution in [0.3, 0.4) is 0 Å². The highest BCUT2D eigenvalue weighted by Gasteiger charge is 2.82. The van der Waals surface area contributed by atoms with Gasteiger partial charge in [-0.1, -0.05) is 42.0 Å². The molecule has 1 amide bonds. The second kappa shape index (κ2) is 8.84. The molecule has 1 atom stereocenters. The number of carbonyl (C=O) groups is 1. The molecule has 0 radical (unpaired) electrons. The lowest BCUT2D eigenvalue weighted by atomic mass is 9.91. The van der Waals surface area contributed by atoms with Gasteiger partial charge in [0.25, 0.3) is 5.91 Å². The number of benzene rings is 2. The standard InChI is InChI=1S/C22H16F7N3O3/c1-13-6-8-14(9-7-13)16-10-19(34,20(23,24)21(25,26)22(27,28)29)32(31-16)18(33)12-35-17-5-3-2-4-15(17)11-30/h2-9,34H,10,12H2,1H3/t19-/m1/s1. The molecule has 2 aromatic rings. The third-order valence-corrected chi connectivity index (χ3v) is 5.22. The number of para-hydroxylation sites is 1. The minimum atomic E-state index is -6.75. The Morgan fingerprint density at radius 1 is 1.11 bits per heavy atom. The van der Waals surface area contributed by atoms with Crippen LogP contribution in [-0.4, -0.2) is 52.1 Å². The predicted molar refractivity (Wildman–Crippen MR) is 107 cm³/mol. The molecule has 1 heterocycles. The zero-order valence-corrected chi connectivity index (χ0v) is 17.8. The van der Waals surface area contributed by atoms with E-state index in [1.807, 2.05) is 0 Å². The number of hydrazone groups is 1. The second-order valence-electron chi connectivity index (χ2n) is 7.65. The van der Waals surface area contributed by atoms with Gasteiger partial charge in [0.1, 0.15) is 11.8 Å². The summed E-state index contributed by atoms with van der Waals surface area (Å²) in [5, 5.41) is 22.6. The number of alkyl halides is 7. The number of nitrogens with zero attached hydrogens (tertiary/aromatic N) is 3. The van der Waals surface area contributed by atoms with Crippen molar-refractivity contribution in [1.82, 2.24) is 5.01 Å². The van der Waals surface area contributed by atoms with Gasteiger partial charge in [0.2, 0.25) is 5.72 Å². The third-order valence-electron chi connectivity index (χ3n) is 5.22. The average Bonchev–Trinajstić information content (AvgIpc) is 3.16. The predicted octanol–water partition coefficient (Wildman–Crippen LogP) is 4.40. The Bertz CT molecular complexity index is 1190. The quantitative estimate of drug-likeness (QED) is 0.593. The molecule has 0 spiro atoms. The van der Waals surface area contributed by atoms with Crippen LogP contribution in [0.5, 0.6) is 5.75 Å². The second-order valence-corrected chi connectivity index (χ2v) is 7.65. The van der Waals surface area contributed by atoms with Crippen LogP contribution in [0.2, 0.25) is 0 Å². The van der Waals surface area contributed by atoms with E-state index < -0.39 is 53.4 Å². The monoisotopic (exact) mass is 503 g/mol. The Hall–Kier alpha value is -3.66. The summed E-state index contributed by atoms with van der Waals surface area (Å²) in [5.74, 6) is -14.8. The number of nitriles is 1. The average molecular weight is 503 g/mol. The fraction of sp³-hybridized carbons (Fsp3) is 0.318. The summed E-state index contributed by atoms with van der Waals surface area (Å²) in [6.07, 6.45) is -8.29. The first-order valence-electron chi connectivity index (χ1n) is 9.80. The molecule has 0 aliphatic carbocycles. The largest absolute Gasteiger partial charge is 0.482 e. The topological polar surface area (TPSA) is 85.9 Å². The lowest BCUT2D eigenvalue weighted by Crippen LogP contribution is -2.69. The summed E-state index contributed by atoms with van der Waals surface area (Å²) >= 11 is 0. The molecule has 2 aromatic carbocycles. The Morgan fingerprint density at radius 2 is 1.71 bits per heavy atom. The number of halogens is 7. The van der Waals surface area contributed by atoms with Gasteiger partial charge < -0.3 is 9.84 Å². The Labute approximate surface area is 193 Å². The smallest absolute Gasteiger partial charge is 0.460 e. The molecule has 0 unspecified atom stereocenters. The molecular formula is C22H16F7N3O3. The van der Waals surface area contributed by atoms with E-state index in [9.17, 15) is 40.6 Å². The van der Waals surface area contributed by atoms with Gasteiger partial charge in [-0.25, -0.2) is 0 Å². The number of aryl methyl sites for hydroxylation is 1. The van der Waals surface area contributed by atoms with Crippen molar-refractivity contribution in [2.75, 3.05) is 6.61 Å². The number of aliphatic hydroxyl groups is 1. The number of hydrogen-bond donors (Lipinski definition) is 1. The van der Waals surface area contributed by atoms with Crippen molar-refractivity contribution in [2.45, 2.75) is 37.1 Å². The van der Waals surface area contributed by atoms with E-state index in [4.69, 9.17) is 10.00 Å². The van der Waals surface area contributed by atoms with Crippen molar-refractivity contribution in [1.29, 1.82) is 5.26 Å². The van der Waals surface area contributed by atoms with Gasteiger partial charge in [-0.05, 0) is 24.6 Å². The molecular weight excluding hydrogens is 487 g/mol. The summed E-state index contributed by atoms with van der Waals surface area (Å²) in [6.45, 7) is 0.459. The molecule has 0 saturated heterocycles. The fourth-order valence-corrected chi connectivity index (χ4v) is 3.27. The van der Waals surface area contributed by atoms with Crippen LogP contribution in [0.1, 0.15) is 23.1 Å². The maximum Gasteiger partial charge on any atom is 0.460 e. The van der Waals surface area contributed by atoms with Crippen LogP contribution in [-0.2, 0) is 4.79 Å². The van der Waals surface area contributed by atoms with E-state index in [2.05, 4.69) is 5.10 Å².